The molecule has 5 N–H and O–H groups in total. The van der Waals surface area contributed by atoms with Crippen molar-refractivity contribution in [2.24, 2.45) is 0 Å². The summed E-state index contributed by atoms with van der Waals surface area (Å²) in [7, 11) is -3.22. The largest absolute Gasteiger partial charge is 0.438 e. The molecule has 2 heterocycles. The Morgan fingerprint density at radius 1 is 0.920 bits per heavy atom. The Morgan fingerprint density at radius 3 is 2.32 bits per heavy atom. The third kappa shape index (κ3) is 2.77. The third-order valence-corrected chi connectivity index (χ3v) is 6.00. The first kappa shape index (κ1) is 15.4. The minimum Gasteiger partial charge on any atom is -0.438 e. The van der Waals surface area contributed by atoms with Crippen LogP contribution in [-0.2, 0) is 4.57 Å². The predicted octanol–water partition coefficient (Wildman–Crippen LogP) is 2.07. The second-order valence-corrected chi connectivity index (χ2v) is 7.82. The van der Waals surface area contributed by atoms with Gasteiger partial charge >= 0.3 is 0 Å². The van der Waals surface area contributed by atoms with Crippen LogP contribution in [0.25, 0.3) is 11.1 Å². The van der Waals surface area contributed by atoms with Crippen molar-refractivity contribution in [3.63, 3.8) is 0 Å². The molecule has 126 valence electrons. The van der Waals surface area contributed by atoms with E-state index in [2.05, 4.69) is 20.3 Å². The molecule has 2 aromatic carbocycles. The van der Waals surface area contributed by atoms with E-state index in [1.807, 2.05) is 42.5 Å². The van der Waals surface area contributed by atoms with Crippen molar-refractivity contribution in [3.8, 4) is 16.9 Å². The van der Waals surface area contributed by atoms with Crippen LogP contribution >= 0.6 is 7.37 Å². The summed E-state index contributed by atoms with van der Waals surface area (Å²) in [6.45, 7) is 0. The number of para-hydroxylation sites is 1. The second kappa shape index (κ2) is 5.75. The van der Waals surface area contributed by atoms with E-state index >= 15 is 0 Å². The Hall–Kier alpha value is -3.12. The first-order valence-electron chi connectivity index (χ1n) is 7.54. The lowest BCUT2D eigenvalue weighted by molar-refractivity contribution is 0.493. The maximum absolute atomic E-state index is 13.5. The normalized spacial score (nSPS) is 17.9. The van der Waals surface area contributed by atoms with E-state index in [1.165, 1.54) is 0 Å². The highest BCUT2D eigenvalue weighted by Gasteiger charge is 2.35. The van der Waals surface area contributed by atoms with Crippen LogP contribution in [0.4, 0.5) is 17.8 Å². The molecule has 8 nitrogen and oxygen atoms in total. The van der Waals surface area contributed by atoms with Gasteiger partial charge in [0.1, 0.15) is 12.0 Å². The molecule has 0 aliphatic carbocycles. The van der Waals surface area contributed by atoms with Crippen LogP contribution in [0, 0.1) is 0 Å². The molecule has 1 aromatic heterocycles. The topological polar surface area (TPSA) is 129 Å². The monoisotopic (exact) mass is 354 g/mol. The average Bonchev–Trinajstić information content (AvgIpc) is 2.60. The molecule has 1 unspecified atom stereocenters. The third-order valence-electron chi connectivity index (χ3n) is 3.81. The highest BCUT2D eigenvalue weighted by molar-refractivity contribution is 7.67. The highest BCUT2D eigenvalue weighted by atomic mass is 31.2. The SMILES string of the molecule is Nc1nc(N)nc(NCP2(=O)Oc3ccccc3-c3ccccc32)n1. The summed E-state index contributed by atoms with van der Waals surface area (Å²) in [5.74, 6) is 0.716. The zero-order valence-electron chi connectivity index (χ0n) is 13.1. The van der Waals surface area contributed by atoms with E-state index in [4.69, 9.17) is 16.0 Å². The van der Waals surface area contributed by atoms with E-state index in [0.717, 1.165) is 11.1 Å². The zero-order chi connectivity index (χ0) is 17.4. The summed E-state index contributed by atoms with van der Waals surface area (Å²) in [6.07, 6.45) is 0.00123. The van der Waals surface area contributed by atoms with Crippen molar-refractivity contribution < 1.29 is 9.09 Å². The Balaban J connectivity index is 1.71. The number of nitrogens with two attached hydrogens (primary N) is 2. The Morgan fingerprint density at radius 2 is 1.56 bits per heavy atom. The fraction of sp³-hybridized carbons (Fsp3) is 0.0625. The molecule has 0 fully saturated rings. The number of nitrogens with one attached hydrogen (secondary N) is 1. The van der Waals surface area contributed by atoms with Gasteiger partial charge in [0.15, 0.2) is 0 Å². The van der Waals surface area contributed by atoms with Gasteiger partial charge in [-0.3, -0.25) is 4.57 Å². The number of nitrogens with zero attached hydrogens (tertiary/aromatic N) is 3. The lowest BCUT2D eigenvalue weighted by Crippen LogP contribution is -2.23. The molecule has 9 heteroatoms. The van der Waals surface area contributed by atoms with Gasteiger partial charge in [0.2, 0.25) is 17.8 Å². The van der Waals surface area contributed by atoms with Crippen molar-refractivity contribution in [2.45, 2.75) is 0 Å². The van der Waals surface area contributed by atoms with Crippen molar-refractivity contribution in [1.29, 1.82) is 0 Å². The number of anilines is 3. The van der Waals surface area contributed by atoms with Gasteiger partial charge in [-0.1, -0.05) is 36.4 Å². The van der Waals surface area contributed by atoms with Crippen molar-refractivity contribution in [3.05, 3.63) is 48.5 Å². The van der Waals surface area contributed by atoms with Crippen LogP contribution in [0.15, 0.2) is 48.5 Å². The van der Waals surface area contributed by atoms with E-state index in [9.17, 15) is 4.57 Å². The molecular formula is C16H15N6O2P. The average molecular weight is 354 g/mol. The van der Waals surface area contributed by atoms with Gasteiger partial charge in [-0.15, -0.1) is 0 Å². The number of rotatable bonds is 3. The van der Waals surface area contributed by atoms with Crippen molar-refractivity contribution >= 4 is 30.5 Å². The van der Waals surface area contributed by atoms with E-state index in [0.29, 0.717) is 11.1 Å². The van der Waals surface area contributed by atoms with E-state index in [-0.39, 0.29) is 24.1 Å². The maximum Gasteiger partial charge on any atom is 0.296 e. The van der Waals surface area contributed by atoms with Crippen LogP contribution in [-0.4, -0.2) is 21.2 Å². The number of fused-ring (bicyclic) bond motifs is 3. The zero-order valence-corrected chi connectivity index (χ0v) is 14.0. The van der Waals surface area contributed by atoms with Crippen LogP contribution in [0.3, 0.4) is 0 Å². The Bertz CT molecular complexity index is 989. The van der Waals surface area contributed by atoms with Crippen LogP contribution in [0.1, 0.15) is 0 Å². The van der Waals surface area contributed by atoms with E-state index < -0.39 is 7.37 Å². The van der Waals surface area contributed by atoms with Crippen molar-refractivity contribution in [2.75, 3.05) is 23.1 Å². The number of hydrogen-bond acceptors (Lipinski definition) is 8. The molecule has 1 atom stereocenters. The molecule has 0 spiro atoms. The molecule has 3 aromatic rings. The van der Waals surface area contributed by atoms with Gasteiger partial charge in [0.05, 0.1) is 5.30 Å². The summed E-state index contributed by atoms with van der Waals surface area (Å²) >= 11 is 0. The lowest BCUT2D eigenvalue weighted by atomic mass is 10.0. The number of benzene rings is 2. The van der Waals surface area contributed by atoms with Gasteiger partial charge < -0.3 is 21.3 Å². The molecule has 1 aliphatic rings. The molecule has 4 rings (SSSR count). The predicted molar refractivity (Wildman–Crippen MR) is 96.9 cm³/mol. The molecule has 0 amide bonds. The summed E-state index contributed by atoms with van der Waals surface area (Å²) in [4.78, 5) is 11.6. The first-order valence-corrected chi connectivity index (χ1v) is 9.35. The van der Waals surface area contributed by atoms with Gasteiger partial charge in [0, 0.05) is 5.56 Å². The fourth-order valence-corrected chi connectivity index (χ4v) is 4.79. The number of nitrogen functional groups attached to an aromatic ring is 2. The molecule has 0 saturated carbocycles. The summed E-state index contributed by atoms with van der Waals surface area (Å²) in [5, 5.41) is 3.55. The summed E-state index contributed by atoms with van der Waals surface area (Å²) in [6, 6.07) is 15.0. The Kier molecular flexibility index (Phi) is 3.54. The van der Waals surface area contributed by atoms with Crippen LogP contribution < -0.4 is 26.6 Å². The number of aromatic nitrogens is 3. The van der Waals surface area contributed by atoms with Crippen LogP contribution in [0.2, 0.25) is 0 Å². The number of hydrogen-bond donors (Lipinski definition) is 3. The molecule has 0 radical (unpaired) electrons. The van der Waals surface area contributed by atoms with Gasteiger partial charge in [0.25, 0.3) is 7.37 Å². The lowest BCUT2D eigenvalue weighted by Gasteiger charge is -2.28. The quantitative estimate of drug-likeness (QED) is 0.610. The highest BCUT2D eigenvalue weighted by Crippen LogP contribution is 2.54. The summed E-state index contributed by atoms with van der Waals surface area (Å²) in [5.41, 5.74) is 12.9. The maximum atomic E-state index is 13.5. The van der Waals surface area contributed by atoms with E-state index in [1.54, 1.807) is 6.07 Å². The van der Waals surface area contributed by atoms with Crippen molar-refractivity contribution in [1.82, 2.24) is 15.0 Å². The molecule has 0 bridgehead atoms. The molecule has 0 saturated heterocycles. The fourth-order valence-electron chi connectivity index (χ4n) is 2.76. The minimum atomic E-state index is -3.22. The van der Waals surface area contributed by atoms with Gasteiger partial charge in [-0.2, -0.15) is 15.0 Å². The molecule has 1 aliphatic heterocycles. The molecule has 25 heavy (non-hydrogen) atoms. The molecular weight excluding hydrogens is 339 g/mol. The van der Waals surface area contributed by atoms with Gasteiger partial charge in [-0.05, 0) is 17.7 Å². The smallest absolute Gasteiger partial charge is 0.296 e. The first-order chi connectivity index (χ1) is 12.0. The standard InChI is InChI=1S/C16H15N6O2P/c17-14-20-15(18)22-16(21-14)19-9-25(23)13-8-4-2-6-11(13)10-5-1-3-7-12(10)24-25/h1-8H,9H2,(H5,17,18,19,20,21,22). The summed E-state index contributed by atoms with van der Waals surface area (Å²) < 4.78 is 19.4. The second-order valence-electron chi connectivity index (χ2n) is 5.49. The Labute approximate surface area is 143 Å². The minimum absolute atomic E-state index is 0.00123. The van der Waals surface area contributed by atoms with Crippen LogP contribution in [0.5, 0.6) is 5.75 Å². The van der Waals surface area contributed by atoms with Gasteiger partial charge in [-0.25, -0.2) is 0 Å².